The van der Waals surface area contributed by atoms with Crippen LogP contribution < -0.4 is 15.0 Å². The number of hydrogen-bond acceptors (Lipinski definition) is 3. The number of nitrogens with one attached hydrogen (secondary N) is 1. The van der Waals surface area contributed by atoms with Gasteiger partial charge in [-0.05, 0) is 36.8 Å². The zero-order valence-electron chi connectivity index (χ0n) is 14.5. The molecule has 0 saturated carbocycles. The van der Waals surface area contributed by atoms with E-state index in [1.165, 1.54) is 11.8 Å². The van der Waals surface area contributed by atoms with E-state index in [0.717, 1.165) is 11.1 Å². The van der Waals surface area contributed by atoms with E-state index in [4.69, 9.17) is 16.3 Å². The normalized spacial score (nSPS) is 10.2. The Bertz CT molecular complexity index is 777. The smallest absolute Gasteiger partial charge is 0.240 e. The molecular weight excluding hydrogens is 340 g/mol. The first kappa shape index (κ1) is 18.8. The molecule has 0 saturated heterocycles. The number of amides is 2. The molecule has 1 N–H and O–H groups in total. The Balaban J connectivity index is 2.07. The van der Waals surface area contributed by atoms with Crippen molar-refractivity contribution in [3.63, 3.8) is 0 Å². The second-order valence-corrected chi connectivity index (χ2v) is 6.06. The third-order valence-corrected chi connectivity index (χ3v) is 4.04. The highest BCUT2D eigenvalue weighted by atomic mass is 35.5. The molecule has 0 aromatic heterocycles. The molecule has 0 heterocycles. The Kier molecular flexibility index (Phi) is 6.42. The summed E-state index contributed by atoms with van der Waals surface area (Å²) in [6.07, 6.45) is 0. The van der Waals surface area contributed by atoms with Crippen LogP contribution in [0.25, 0.3) is 0 Å². The highest BCUT2D eigenvalue weighted by Crippen LogP contribution is 2.23. The average molecular weight is 361 g/mol. The summed E-state index contributed by atoms with van der Waals surface area (Å²) in [5.41, 5.74) is 2.37. The molecule has 25 heavy (non-hydrogen) atoms. The van der Waals surface area contributed by atoms with Crippen molar-refractivity contribution in [2.24, 2.45) is 0 Å². The van der Waals surface area contributed by atoms with E-state index in [-0.39, 0.29) is 18.4 Å². The predicted octanol–water partition coefficient (Wildman–Crippen LogP) is 3.33. The van der Waals surface area contributed by atoms with Crippen molar-refractivity contribution in [2.45, 2.75) is 20.4 Å². The highest BCUT2D eigenvalue weighted by molar-refractivity contribution is 6.30. The fraction of sp³-hybridized carbons (Fsp3) is 0.263. The SMILES string of the molecule is COc1ccccc1CNC(=O)CN(C(C)=O)c1ccc(Cl)cc1C. The van der Waals surface area contributed by atoms with Gasteiger partial charge in [-0.2, -0.15) is 0 Å². The summed E-state index contributed by atoms with van der Waals surface area (Å²) in [4.78, 5) is 25.7. The number of carbonyl (C=O) groups excluding carboxylic acids is 2. The maximum absolute atomic E-state index is 12.3. The van der Waals surface area contributed by atoms with Gasteiger partial charge in [-0.25, -0.2) is 0 Å². The number of ether oxygens (including phenoxy) is 1. The predicted molar refractivity (Wildman–Crippen MR) is 99.1 cm³/mol. The van der Waals surface area contributed by atoms with Gasteiger partial charge in [-0.15, -0.1) is 0 Å². The Morgan fingerprint density at radius 2 is 1.92 bits per heavy atom. The van der Waals surface area contributed by atoms with Crippen LogP contribution in [0.1, 0.15) is 18.1 Å². The molecule has 0 atom stereocenters. The molecule has 0 fully saturated rings. The van der Waals surface area contributed by atoms with Gasteiger partial charge >= 0.3 is 0 Å². The molecule has 0 bridgehead atoms. The number of hydrogen-bond donors (Lipinski definition) is 1. The number of benzene rings is 2. The summed E-state index contributed by atoms with van der Waals surface area (Å²) < 4.78 is 5.26. The van der Waals surface area contributed by atoms with Gasteiger partial charge in [-0.1, -0.05) is 29.8 Å². The number of halogens is 1. The largest absolute Gasteiger partial charge is 0.496 e. The van der Waals surface area contributed by atoms with E-state index < -0.39 is 0 Å². The van der Waals surface area contributed by atoms with Gasteiger partial charge in [0.15, 0.2) is 0 Å². The minimum atomic E-state index is -0.254. The number of methoxy groups -OCH3 is 1. The molecule has 0 aliphatic carbocycles. The molecule has 0 unspecified atom stereocenters. The number of aryl methyl sites for hydroxylation is 1. The number of carbonyl (C=O) groups is 2. The second-order valence-electron chi connectivity index (χ2n) is 5.62. The monoisotopic (exact) mass is 360 g/mol. The molecule has 0 radical (unpaired) electrons. The van der Waals surface area contributed by atoms with Gasteiger partial charge in [0.25, 0.3) is 0 Å². The van der Waals surface area contributed by atoms with Gasteiger partial charge < -0.3 is 15.0 Å². The second kappa shape index (κ2) is 8.53. The first-order valence-electron chi connectivity index (χ1n) is 7.85. The molecule has 2 amide bonds. The molecule has 2 rings (SSSR count). The zero-order valence-corrected chi connectivity index (χ0v) is 15.3. The van der Waals surface area contributed by atoms with Crippen molar-refractivity contribution < 1.29 is 14.3 Å². The van der Waals surface area contributed by atoms with E-state index >= 15 is 0 Å². The van der Waals surface area contributed by atoms with Gasteiger partial charge in [0, 0.05) is 29.7 Å². The molecule has 2 aromatic rings. The van der Waals surface area contributed by atoms with Crippen LogP contribution in [0.2, 0.25) is 5.02 Å². The fourth-order valence-electron chi connectivity index (χ4n) is 2.53. The molecule has 0 spiro atoms. The van der Waals surface area contributed by atoms with Crippen LogP contribution in [0, 0.1) is 6.92 Å². The first-order chi connectivity index (χ1) is 11.9. The van der Waals surface area contributed by atoms with Crippen LogP contribution in [0.3, 0.4) is 0 Å². The van der Waals surface area contributed by atoms with Gasteiger partial charge in [0.05, 0.1) is 7.11 Å². The Hall–Kier alpha value is -2.53. The highest BCUT2D eigenvalue weighted by Gasteiger charge is 2.18. The van der Waals surface area contributed by atoms with Crippen molar-refractivity contribution in [1.82, 2.24) is 5.32 Å². The van der Waals surface area contributed by atoms with E-state index in [0.29, 0.717) is 23.0 Å². The molecule has 0 aliphatic heterocycles. The van der Waals surface area contributed by atoms with Crippen LogP contribution in [-0.4, -0.2) is 25.5 Å². The summed E-state index contributed by atoms with van der Waals surface area (Å²) in [6.45, 7) is 3.55. The summed E-state index contributed by atoms with van der Waals surface area (Å²) in [6, 6.07) is 12.7. The maximum Gasteiger partial charge on any atom is 0.240 e. The summed E-state index contributed by atoms with van der Waals surface area (Å²) >= 11 is 5.96. The number of para-hydroxylation sites is 1. The Labute approximate surface area is 152 Å². The number of rotatable bonds is 6. The topological polar surface area (TPSA) is 58.6 Å². The summed E-state index contributed by atoms with van der Waals surface area (Å²) in [5.74, 6) is 0.244. The lowest BCUT2D eigenvalue weighted by Gasteiger charge is -2.23. The molecular formula is C19H21ClN2O3. The third kappa shape index (κ3) is 4.97. The van der Waals surface area contributed by atoms with Crippen LogP contribution in [0.4, 0.5) is 5.69 Å². The first-order valence-corrected chi connectivity index (χ1v) is 8.23. The van der Waals surface area contributed by atoms with Crippen LogP contribution >= 0.6 is 11.6 Å². The molecule has 2 aromatic carbocycles. The van der Waals surface area contributed by atoms with Crippen molar-refractivity contribution in [1.29, 1.82) is 0 Å². The summed E-state index contributed by atoms with van der Waals surface area (Å²) in [7, 11) is 1.58. The van der Waals surface area contributed by atoms with Crippen LogP contribution in [0.15, 0.2) is 42.5 Å². The Morgan fingerprint density at radius 1 is 1.20 bits per heavy atom. The van der Waals surface area contributed by atoms with E-state index in [9.17, 15) is 9.59 Å². The van der Waals surface area contributed by atoms with E-state index in [1.54, 1.807) is 25.3 Å². The van der Waals surface area contributed by atoms with Crippen LogP contribution in [-0.2, 0) is 16.1 Å². The van der Waals surface area contributed by atoms with Gasteiger partial charge in [0.1, 0.15) is 12.3 Å². The molecule has 132 valence electrons. The van der Waals surface area contributed by atoms with Gasteiger partial charge in [-0.3, -0.25) is 9.59 Å². The van der Waals surface area contributed by atoms with Crippen LogP contribution in [0.5, 0.6) is 5.75 Å². The molecule has 6 heteroatoms. The van der Waals surface area contributed by atoms with E-state index in [2.05, 4.69) is 5.32 Å². The lowest BCUT2D eigenvalue weighted by Crippen LogP contribution is -2.40. The number of anilines is 1. The third-order valence-electron chi connectivity index (χ3n) is 3.80. The minimum absolute atomic E-state index is 0.0625. The maximum atomic E-state index is 12.3. The summed E-state index contributed by atoms with van der Waals surface area (Å²) in [5, 5.41) is 3.41. The van der Waals surface area contributed by atoms with Crippen molar-refractivity contribution in [3.05, 3.63) is 58.6 Å². The zero-order chi connectivity index (χ0) is 18.4. The molecule has 5 nitrogen and oxygen atoms in total. The van der Waals surface area contributed by atoms with Gasteiger partial charge in [0.2, 0.25) is 11.8 Å². The van der Waals surface area contributed by atoms with Crippen molar-refractivity contribution in [2.75, 3.05) is 18.6 Å². The van der Waals surface area contributed by atoms with E-state index in [1.807, 2.05) is 31.2 Å². The standard InChI is InChI=1S/C19H21ClN2O3/c1-13-10-16(20)8-9-17(13)22(14(2)23)12-19(24)21-11-15-6-4-5-7-18(15)25-3/h4-10H,11-12H2,1-3H3,(H,21,24). The number of nitrogens with zero attached hydrogens (tertiary/aromatic N) is 1. The van der Waals surface area contributed by atoms with Crippen molar-refractivity contribution in [3.8, 4) is 5.75 Å². The Morgan fingerprint density at radius 3 is 2.56 bits per heavy atom. The van der Waals surface area contributed by atoms with Crippen molar-refractivity contribution >= 4 is 29.1 Å². The molecule has 0 aliphatic rings. The quantitative estimate of drug-likeness (QED) is 0.859. The fourth-order valence-corrected chi connectivity index (χ4v) is 2.76. The average Bonchev–Trinajstić information content (AvgIpc) is 2.58. The lowest BCUT2D eigenvalue weighted by atomic mass is 10.1. The lowest BCUT2D eigenvalue weighted by molar-refractivity contribution is -0.123. The minimum Gasteiger partial charge on any atom is -0.496 e.